The molecule has 2 aromatic carbocycles. The second-order valence-electron chi connectivity index (χ2n) is 11.5. The van der Waals surface area contributed by atoms with Crippen molar-refractivity contribution in [1.29, 1.82) is 0 Å². The van der Waals surface area contributed by atoms with Crippen LogP contribution in [0.15, 0.2) is 59.5 Å². The van der Waals surface area contributed by atoms with E-state index in [2.05, 4.69) is 40.4 Å². The Morgan fingerprint density at radius 1 is 1.19 bits per heavy atom. The van der Waals surface area contributed by atoms with Crippen molar-refractivity contribution in [1.82, 2.24) is 24.2 Å². The van der Waals surface area contributed by atoms with Gasteiger partial charge in [0.15, 0.2) is 5.65 Å². The Balaban J connectivity index is 1.31. The van der Waals surface area contributed by atoms with Gasteiger partial charge in [-0.25, -0.2) is 14.3 Å². The molecule has 10 nitrogen and oxygen atoms in total. The van der Waals surface area contributed by atoms with Crippen LogP contribution >= 0.6 is 0 Å². The molecule has 4 heterocycles. The summed E-state index contributed by atoms with van der Waals surface area (Å²) < 4.78 is 9.31. The van der Waals surface area contributed by atoms with E-state index >= 15 is 0 Å². The SMILES string of the molecule is C/C=C\Cn1c(=O)c2cnc(Nc3ccc4c(c3)CN(C)CC43CC3)nc2n1-c1ccc2c(c1)N(C(=O)CC)CCO2. The minimum absolute atomic E-state index is 0.0260. The van der Waals surface area contributed by atoms with Crippen LogP contribution in [0.2, 0.25) is 0 Å². The number of allylic oxidation sites excluding steroid dienone is 2. The number of fused-ring (bicyclic) bond motifs is 4. The summed E-state index contributed by atoms with van der Waals surface area (Å²) in [5.41, 5.74) is 5.74. The number of aromatic nitrogens is 4. The first kappa shape index (κ1) is 26.5. The normalized spacial score (nSPS) is 17.4. The third-order valence-electron chi connectivity index (χ3n) is 8.64. The highest BCUT2D eigenvalue weighted by Gasteiger charge is 2.48. The maximum absolute atomic E-state index is 13.6. The number of carbonyl (C=O) groups excluding carboxylic acids is 1. The standard InChI is InChI=1S/C32H35N7O3/c1-4-6-13-38-30(41)24-18-33-31(34-22-7-9-25-21(16-22)19-36(3)20-32(25)11-12-32)35-29(24)39(38)23-8-10-27-26(17-23)37(14-15-42-27)28(40)5-2/h4,6-10,16-18H,5,11-15,19-20H2,1-3H3,(H,33,34,35)/b6-4-. The molecule has 3 aliphatic rings. The molecular formula is C32H35N7O3. The number of nitrogens with one attached hydrogen (secondary N) is 1. The van der Waals surface area contributed by atoms with Gasteiger partial charge in [0.05, 0.1) is 24.5 Å². The van der Waals surface area contributed by atoms with Gasteiger partial charge in [-0.1, -0.05) is 25.1 Å². The van der Waals surface area contributed by atoms with E-state index in [9.17, 15) is 9.59 Å². The number of carbonyl (C=O) groups is 1. The molecule has 4 aromatic rings. The molecule has 2 aromatic heterocycles. The molecule has 2 aliphatic heterocycles. The van der Waals surface area contributed by atoms with Gasteiger partial charge >= 0.3 is 0 Å². The molecular weight excluding hydrogens is 530 g/mol. The van der Waals surface area contributed by atoms with Crippen molar-refractivity contribution in [2.45, 2.75) is 51.6 Å². The number of benzene rings is 2. The number of amides is 1. The van der Waals surface area contributed by atoms with Crippen LogP contribution in [-0.2, 0) is 23.3 Å². The zero-order chi connectivity index (χ0) is 29.0. The van der Waals surface area contributed by atoms with Gasteiger partial charge in [0, 0.05) is 36.8 Å². The quantitative estimate of drug-likeness (QED) is 0.344. The predicted octanol–water partition coefficient (Wildman–Crippen LogP) is 4.51. The number of hydrogen-bond acceptors (Lipinski definition) is 7. The van der Waals surface area contributed by atoms with E-state index in [0.717, 1.165) is 18.8 Å². The van der Waals surface area contributed by atoms with Gasteiger partial charge in [-0.3, -0.25) is 9.59 Å². The van der Waals surface area contributed by atoms with Crippen LogP contribution in [0.1, 0.15) is 44.2 Å². The topological polar surface area (TPSA) is 97.5 Å². The van der Waals surface area contributed by atoms with Crippen molar-refractivity contribution in [2.75, 3.05) is 37.0 Å². The van der Waals surface area contributed by atoms with Crippen molar-refractivity contribution in [3.63, 3.8) is 0 Å². The van der Waals surface area contributed by atoms with Gasteiger partial charge in [0.1, 0.15) is 17.7 Å². The fourth-order valence-corrected chi connectivity index (χ4v) is 6.48. The largest absolute Gasteiger partial charge is 0.490 e. The summed E-state index contributed by atoms with van der Waals surface area (Å²) in [6.45, 7) is 7.09. The molecule has 1 spiro atoms. The number of anilines is 3. The van der Waals surface area contributed by atoms with Crippen LogP contribution in [-0.4, -0.2) is 56.9 Å². The van der Waals surface area contributed by atoms with E-state index < -0.39 is 0 Å². The highest BCUT2D eigenvalue weighted by atomic mass is 16.5. The monoisotopic (exact) mass is 565 g/mol. The molecule has 7 rings (SSSR count). The summed E-state index contributed by atoms with van der Waals surface area (Å²) in [7, 11) is 2.18. The highest BCUT2D eigenvalue weighted by Crippen LogP contribution is 2.52. The maximum Gasteiger partial charge on any atom is 0.278 e. The lowest BCUT2D eigenvalue weighted by Gasteiger charge is -2.32. The van der Waals surface area contributed by atoms with Crippen LogP contribution in [0.3, 0.4) is 0 Å². The van der Waals surface area contributed by atoms with Crippen molar-refractivity contribution in [2.24, 2.45) is 0 Å². The first-order valence-electron chi connectivity index (χ1n) is 14.7. The van der Waals surface area contributed by atoms with Crippen LogP contribution in [0, 0.1) is 0 Å². The van der Waals surface area contributed by atoms with E-state index in [-0.39, 0.29) is 11.5 Å². The Bertz CT molecular complexity index is 1800. The lowest BCUT2D eigenvalue weighted by Crippen LogP contribution is -2.37. The summed E-state index contributed by atoms with van der Waals surface area (Å²) in [6.07, 6.45) is 8.32. The van der Waals surface area contributed by atoms with E-state index in [1.165, 1.54) is 24.0 Å². The molecule has 42 heavy (non-hydrogen) atoms. The number of rotatable bonds is 6. The Hall–Kier alpha value is -4.44. The molecule has 1 aliphatic carbocycles. The lowest BCUT2D eigenvalue weighted by molar-refractivity contribution is -0.118. The molecule has 10 heteroatoms. The zero-order valence-electron chi connectivity index (χ0n) is 24.3. The van der Waals surface area contributed by atoms with Gasteiger partial charge in [-0.15, -0.1) is 0 Å². The van der Waals surface area contributed by atoms with Crippen LogP contribution in [0.5, 0.6) is 5.75 Å². The molecule has 0 radical (unpaired) electrons. The van der Waals surface area contributed by atoms with Crippen LogP contribution in [0.4, 0.5) is 17.3 Å². The van der Waals surface area contributed by atoms with Crippen molar-refractivity contribution in [3.05, 3.63) is 76.2 Å². The van der Waals surface area contributed by atoms with Crippen molar-refractivity contribution in [3.8, 4) is 11.4 Å². The summed E-state index contributed by atoms with van der Waals surface area (Å²) in [5.74, 6) is 1.08. The average Bonchev–Trinajstić information content (AvgIpc) is 3.70. The summed E-state index contributed by atoms with van der Waals surface area (Å²) in [6, 6.07) is 12.2. The van der Waals surface area contributed by atoms with Gasteiger partial charge in [0.25, 0.3) is 5.56 Å². The highest BCUT2D eigenvalue weighted by molar-refractivity contribution is 5.95. The number of ether oxygens (including phenoxy) is 1. The fraction of sp³-hybridized carbons (Fsp3) is 0.375. The van der Waals surface area contributed by atoms with Crippen molar-refractivity contribution >= 4 is 34.3 Å². The summed E-state index contributed by atoms with van der Waals surface area (Å²) in [5, 5.41) is 3.81. The first-order valence-corrected chi connectivity index (χ1v) is 14.7. The van der Waals surface area contributed by atoms with Crippen molar-refractivity contribution < 1.29 is 9.53 Å². The fourth-order valence-electron chi connectivity index (χ4n) is 6.48. The molecule has 216 valence electrons. The minimum atomic E-state index is -0.184. The van der Waals surface area contributed by atoms with E-state index in [4.69, 9.17) is 9.72 Å². The van der Waals surface area contributed by atoms with E-state index in [1.807, 2.05) is 48.9 Å². The first-order chi connectivity index (χ1) is 20.4. The molecule has 1 amide bonds. The molecule has 0 saturated heterocycles. The second-order valence-corrected chi connectivity index (χ2v) is 11.5. The zero-order valence-corrected chi connectivity index (χ0v) is 24.3. The summed E-state index contributed by atoms with van der Waals surface area (Å²) in [4.78, 5) is 39.8. The second kappa shape index (κ2) is 10.1. The summed E-state index contributed by atoms with van der Waals surface area (Å²) >= 11 is 0. The Morgan fingerprint density at radius 3 is 2.83 bits per heavy atom. The van der Waals surface area contributed by atoms with Crippen LogP contribution < -0.4 is 20.5 Å². The van der Waals surface area contributed by atoms with Gasteiger partial charge < -0.3 is 19.9 Å². The third-order valence-corrected chi connectivity index (χ3v) is 8.64. The van der Waals surface area contributed by atoms with Crippen LogP contribution in [0.25, 0.3) is 16.7 Å². The molecule has 0 bridgehead atoms. The smallest absolute Gasteiger partial charge is 0.278 e. The Kier molecular flexibility index (Phi) is 6.38. The van der Waals surface area contributed by atoms with Gasteiger partial charge in [0.2, 0.25) is 11.9 Å². The Morgan fingerprint density at radius 2 is 2.05 bits per heavy atom. The maximum atomic E-state index is 13.6. The molecule has 0 atom stereocenters. The minimum Gasteiger partial charge on any atom is -0.490 e. The average molecular weight is 566 g/mol. The number of likely N-dealkylation sites (N-methyl/N-ethyl adjacent to an activating group) is 1. The predicted molar refractivity (Wildman–Crippen MR) is 163 cm³/mol. The van der Waals surface area contributed by atoms with Gasteiger partial charge in [-0.2, -0.15) is 4.98 Å². The number of nitrogens with zero attached hydrogens (tertiary/aromatic N) is 6. The third kappa shape index (κ3) is 4.37. The molecule has 0 unspecified atom stereocenters. The Labute approximate surface area is 244 Å². The van der Waals surface area contributed by atoms with E-state index in [1.54, 1.807) is 15.8 Å². The van der Waals surface area contributed by atoms with E-state index in [0.29, 0.717) is 65.6 Å². The number of hydrogen-bond donors (Lipinski definition) is 1. The molecule has 1 fully saturated rings. The molecule has 1 saturated carbocycles. The molecule has 1 N–H and O–H groups in total. The van der Waals surface area contributed by atoms with Gasteiger partial charge in [-0.05, 0) is 68.3 Å². The lowest BCUT2D eigenvalue weighted by atomic mass is 9.87.